The third kappa shape index (κ3) is 16.0. The van der Waals surface area contributed by atoms with Gasteiger partial charge in [0.1, 0.15) is 0 Å². The number of carbonyl (C=O) groups excluding carboxylic acids is 1. The highest BCUT2D eigenvalue weighted by Crippen LogP contribution is 2.23. The first kappa shape index (κ1) is 29.3. The number of amides is 2. The quantitative estimate of drug-likeness (QED) is 0.173. The summed E-state index contributed by atoms with van der Waals surface area (Å²) >= 11 is 0. The van der Waals surface area contributed by atoms with E-state index >= 15 is 0 Å². The number of carbonyl (C=O) groups is 1. The average molecular weight is 451 g/mol. The van der Waals surface area contributed by atoms with E-state index in [0.29, 0.717) is 6.04 Å². The summed E-state index contributed by atoms with van der Waals surface area (Å²) in [6, 6.07) is 0.706. The van der Waals surface area contributed by atoms with Gasteiger partial charge >= 0.3 is 6.03 Å². The first-order chi connectivity index (χ1) is 15.8. The summed E-state index contributed by atoms with van der Waals surface area (Å²) in [6.45, 7) is 6.38. The highest BCUT2D eigenvalue weighted by molar-refractivity contribution is 5.74. The van der Waals surface area contributed by atoms with Crippen LogP contribution in [0.15, 0.2) is 0 Å². The Morgan fingerprint density at radius 3 is 1.56 bits per heavy atom. The molecule has 1 rings (SSSR count). The van der Waals surface area contributed by atoms with Crippen molar-refractivity contribution in [2.45, 2.75) is 168 Å². The van der Waals surface area contributed by atoms with Crippen LogP contribution in [0.25, 0.3) is 0 Å². The average Bonchev–Trinajstić information content (AvgIpc) is 2.82. The molecule has 32 heavy (non-hydrogen) atoms. The molecule has 0 saturated heterocycles. The van der Waals surface area contributed by atoms with Crippen LogP contribution in [-0.2, 0) is 0 Å². The van der Waals surface area contributed by atoms with E-state index in [9.17, 15) is 4.79 Å². The van der Waals surface area contributed by atoms with Crippen molar-refractivity contribution in [2.75, 3.05) is 13.1 Å². The Hall–Kier alpha value is -0.730. The zero-order valence-corrected chi connectivity index (χ0v) is 22.1. The predicted molar refractivity (Wildman–Crippen MR) is 141 cm³/mol. The maximum atomic E-state index is 13.0. The van der Waals surface area contributed by atoms with Crippen LogP contribution >= 0.6 is 0 Å². The molecule has 0 aromatic rings. The number of hydrogen-bond donors (Lipinski definition) is 1. The molecule has 0 spiro atoms. The van der Waals surface area contributed by atoms with Gasteiger partial charge in [0.2, 0.25) is 0 Å². The molecule has 0 aromatic carbocycles. The van der Waals surface area contributed by atoms with Crippen LogP contribution in [-0.4, -0.2) is 30.1 Å². The number of unbranched alkanes of at least 4 members (excludes halogenated alkanes) is 16. The summed E-state index contributed by atoms with van der Waals surface area (Å²) in [5.74, 6) is 0. The van der Waals surface area contributed by atoms with Gasteiger partial charge in [0.15, 0.2) is 0 Å². The van der Waals surface area contributed by atoms with Crippen LogP contribution in [0, 0.1) is 0 Å². The molecule has 1 N–H and O–H groups in total. The number of rotatable bonds is 21. The Morgan fingerprint density at radius 2 is 1.06 bits per heavy atom. The summed E-state index contributed by atoms with van der Waals surface area (Å²) in [4.78, 5) is 15.2. The molecule has 1 fully saturated rings. The van der Waals surface area contributed by atoms with Gasteiger partial charge in [-0.1, -0.05) is 136 Å². The fourth-order valence-corrected chi connectivity index (χ4v) is 5.17. The van der Waals surface area contributed by atoms with E-state index in [2.05, 4.69) is 24.1 Å². The third-order valence-electron chi connectivity index (χ3n) is 7.34. The van der Waals surface area contributed by atoms with E-state index in [1.807, 2.05) is 0 Å². The van der Waals surface area contributed by atoms with Crippen LogP contribution < -0.4 is 5.32 Å². The summed E-state index contributed by atoms with van der Waals surface area (Å²) in [5, 5.41) is 3.27. The van der Waals surface area contributed by atoms with Gasteiger partial charge in [0.05, 0.1) is 0 Å². The van der Waals surface area contributed by atoms with Gasteiger partial charge in [-0.3, -0.25) is 0 Å². The standard InChI is InChI=1S/C29H58N2O/c1-3-5-7-9-11-13-15-17-22-26-30-29(32)31(28-24-20-19-21-25-28)27-23-18-16-14-12-10-8-6-4-2/h28H,3-27H2,1-2H3,(H,30,32). The van der Waals surface area contributed by atoms with Gasteiger partial charge in [0.25, 0.3) is 0 Å². The van der Waals surface area contributed by atoms with E-state index in [4.69, 9.17) is 0 Å². The predicted octanol–water partition coefficient (Wildman–Crippen LogP) is 9.39. The minimum Gasteiger partial charge on any atom is -0.338 e. The van der Waals surface area contributed by atoms with Crippen LogP contribution in [0.5, 0.6) is 0 Å². The van der Waals surface area contributed by atoms with Crippen LogP contribution in [0.4, 0.5) is 4.79 Å². The molecule has 0 aromatic heterocycles. The molecule has 190 valence electrons. The first-order valence-corrected chi connectivity index (χ1v) is 14.8. The van der Waals surface area contributed by atoms with Gasteiger partial charge in [-0.05, 0) is 25.7 Å². The van der Waals surface area contributed by atoms with E-state index in [0.717, 1.165) is 19.5 Å². The summed E-state index contributed by atoms with van der Waals surface area (Å²) in [7, 11) is 0. The molecule has 3 nitrogen and oxygen atoms in total. The molecule has 0 bridgehead atoms. The van der Waals surface area contributed by atoms with E-state index in [1.165, 1.54) is 141 Å². The second kappa shape index (κ2) is 22.1. The van der Waals surface area contributed by atoms with Crippen LogP contribution in [0.2, 0.25) is 0 Å². The van der Waals surface area contributed by atoms with Gasteiger partial charge in [0, 0.05) is 19.1 Å². The first-order valence-electron chi connectivity index (χ1n) is 14.8. The molecule has 0 aliphatic heterocycles. The molecule has 0 heterocycles. The fraction of sp³-hybridized carbons (Fsp3) is 0.966. The van der Waals surface area contributed by atoms with E-state index < -0.39 is 0 Å². The number of nitrogens with zero attached hydrogens (tertiary/aromatic N) is 1. The fourth-order valence-electron chi connectivity index (χ4n) is 5.17. The monoisotopic (exact) mass is 450 g/mol. The molecule has 1 aliphatic carbocycles. The summed E-state index contributed by atoms with van der Waals surface area (Å²) in [6.07, 6.45) is 30.5. The van der Waals surface area contributed by atoms with E-state index in [1.54, 1.807) is 0 Å². The molecular formula is C29H58N2O. The van der Waals surface area contributed by atoms with Gasteiger partial charge in [-0.25, -0.2) is 4.79 Å². The molecule has 0 unspecified atom stereocenters. The summed E-state index contributed by atoms with van der Waals surface area (Å²) in [5.41, 5.74) is 0. The summed E-state index contributed by atoms with van der Waals surface area (Å²) < 4.78 is 0. The van der Waals surface area contributed by atoms with Crippen molar-refractivity contribution >= 4 is 6.03 Å². The second-order valence-corrected chi connectivity index (χ2v) is 10.4. The molecule has 0 radical (unpaired) electrons. The number of hydrogen-bond acceptors (Lipinski definition) is 1. The Labute approximate surface area is 201 Å². The molecule has 1 aliphatic rings. The van der Waals surface area contributed by atoms with Crippen molar-refractivity contribution in [3.05, 3.63) is 0 Å². The Kier molecular flexibility index (Phi) is 20.2. The Bertz CT molecular complexity index is 406. The number of nitrogens with one attached hydrogen (secondary N) is 1. The molecule has 3 heteroatoms. The molecule has 1 saturated carbocycles. The molecule has 0 atom stereocenters. The third-order valence-corrected chi connectivity index (χ3v) is 7.34. The van der Waals surface area contributed by atoms with Gasteiger partial charge < -0.3 is 10.2 Å². The Balaban J connectivity index is 2.15. The maximum Gasteiger partial charge on any atom is 0.317 e. The highest BCUT2D eigenvalue weighted by Gasteiger charge is 2.24. The lowest BCUT2D eigenvalue weighted by atomic mass is 9.94. The van der Waals surface area contributed by atoms with Crippen LogP contribution in [0.1, 0.15) is 162 Å². The van der Waals surface area contributed by atoms with E-state index in [-0.39, 0.29) is 6.03 Å². The molecule has 2 amide bonds. The second-order valence-electron chi connectivity index (χ2n) is 10.4. The lowest BCUT2D eigenvalue weighted by Crippen LogP contribution is -2.47. The Morgan fingerprint density at radius 1 is 0.625 bits per heavy atom. The van der Waals surface area contributed by atoms with Gasteiger partial charge in [-0.15, -0.1) is 0 Å². The maximum absolute atomic E-state index is 13.0. The number of urea groups is 1. The highest BCUT2D eigenvalue weighted by atomic mass is 16.2. The lowest BCUT2D eigenvalue weighted by Gasteiger charge is -2.34. The van der Waals surface area contributed by atoms with Crippen molar-refractivity contribution < 1.29 is 4.79 Å². The lowest BCUT2D eigenvalue weighted by molar-refractivity contribution is 0.153. The van der Waals surface area contributed by atoms with Crippen molar-refractivity contribution in [3.8, 4) is 0 Å². The minimum atomic E-state index is 0.219. The minimum absolute atomic E-state index is 0.219. The zero-order valence-electron chi connectivity index (χ0n) is 22.1. The van der Waals surface area contributed by atoms with Crippen molar-refractivity contribution in [2.24, 2.45) is 0 Å². The SMILES string of the molecule is CCCCCCCCCCCNC(=O)N(CCCCCCCCCCC)C1CCCCC1. The largest absolute Gasteiger partial charge is 0.338 e. The van der Waals surface area contributed by atoms with Crippen molar-refractivity contribution in [1.29, 1.82) is 0 Å². The normalized spacial score (nSPS) is 14.6. The van der Waals surface area contributed by atoms with Crippen LogP contribution in [0.3, 0.4) is 0 Å². The van der Waals surface area contributed by atoms with Crippen molar-refractivity contribution in [1.82, 2.24) is 10.2 Å². The zero-order chi connectivity index (χ0) is 23.1. The van der Waals surface area contributed by atoms with Gasteiger partial charge in [-0.2, -0.15) is 0 Å². The van der Waals surface area contributed by atoms with Crippen molar-refractivity contribution in [3.63, 3.8) is 0 Å². The molecular weight excluding hydrogens is 392 g/mol. The smallest absolute Gasteiger partial charge is 0.317 e. The topological polar surface area (TPSA) is 32.3 Å².